The fraction of sp³-hybridized carbons (Fsp3) is 0.833. The van der Waals surface area contributed by atoms with Gasteiger partial charge in [0.1, 0.15) is 5.01 Å². The van der Waals surface area contributed by atoms with Gasteiger partial charge in [0.2, 0.25) is 0 Å². The summed E-state index contributed by atoms with van der Waals surface area (Å²) in [5.74, 6) is 0.608. The van der Waals surface area contributed by atoms with Gasteiger partial charge in [-0.05, 0) is 31.1 Å². The third kappa shape index (κ3) is 1.54. The highest BCUT2D eigenvalue weighted by molar-refractivity contribution is 7.05. The Kier molecular flexibility index (Phi) is 2.09. The van der Waals surface area contributed by atoms with Crippen LogP contribution < -0.4 is 5.32 Å². The van der Waals surface area contributed by atoms with E-state index < -0.39 is 0 Å². The SMILES string of the molecule is C1CC(c2nnns2)CCN1. The van der Waals surface area contributed by atoms with Gasteiger partial charge in [-0.15, -0.1) is 5.10 Å². The predicted octanol–water partition coefficient (Wildman–Crippen LogP) is 0.400. The standard InChI is InChI=1S/C6H10N4S/c1-3-7-4-2-5(1)6-8-9-10-11-6/h5,7H,1-4H2. The Morgan fingerprint density at radius 1 is 1.36 bits per heavy atom. The van der Waals surface area contributed by atoms with Gasteiger partial charge in [-0.2, -0.15) is 0 Å². The van der Waals surface area contributed by atoms with Crippen molar-refractivity contribution in [3.05, 3.63) is 5.01 Å². The summed E-state index contributed by atoms with van der Waals surface area (Å²) in [5, 5.41) is 12.0. The fourth-order valence-corrected chi connectivity index (χ4v) is 1.98. The van der Waals surface area contributed by atoms with Crippen LogP contribution in [-0.4, -0.2) is 27.9 Å². The molecule has 1 fully saturated rings. The van der Waals surface area contributed by atoms with Gasteiger partial charge in [-0.1, -0.05) is 4.49 Å². The molecule has 1 saturated heterocycles. The molecule has 0 saturated carbocycles. The summed E-state index contributed by atoms with van der Waals surface area (Å²) in [4.78, 5) is 0. The van der Waals surface area contributed by atoms with Crippen LogP contribution in [0.5, 0.6) is 0 Å². The first-order valence-electron chi connectivity index (χ1n) is 3.82. The maximum Gasteiger partial charge on any atom is 0.141 e. The minimum absolute atomic E-state index is 0.608. The van der Waals surface area contributed by atoms with Crippen LogP contribution in [0.2, 0.25) is 0 Å². The summed E-state index contributed by atoms with van der Waals surface area (Å²) < 4.78 is 3.76. The molecule has 0 bridgehead atoms. The van der Waals surface area contributed by atoms with Crippen molar-refractivity contribution in [3.63, 3.8) is 0 Å². The van der Waals surface area contributed by atoms with Crippen molar-refractivity contribution in [1.29, 1.82) is 0 Å². The van der Waals surface area contributed by atoms with Gasteiger partial charge in [0.05, 0.1) is 0 Å². The van der Waals surface area contributed by atoms with Crippen molar-refractivity contribution < 1.29 is 0 Å². The number of nitrogens with one attached hydrogen (secondary N) is 1. The first-order valence-corrected chi connectivity index (χ1v) is 4.60. The normalized spacial score (nSPS) is 20.4. The van der Waals surface area contributed by atoms with Gasteiger partial charge < -0.3 is 5.32 Å². The number of nitrogens with zero attached hydrogens (tertiary/aromatic N) is 3. The molecule has 0 aliphatic carbocycles. The molecule has 11 heavy (non-hydrogen) atoms. The van der Waals surface area contributed by atoms with E-state index in [4.69, 9.17) is 0 Å². The predicted molar refractivity (Wildman–Crippen MR) is 42.5 cm³/mol. The molecule has 0 aromatic carbocycles. The zero-order valence-electron chi connectivity index (χ0n) is 6.16. The second kappa shape index (κ2) is 3.23. The molecule has 1 aromatic heterocycles. The molecule has 1 aromatic rings. The lowest BCUT2D eigenvalue weighted by Crippen LogP contribution is -2.26. The van der Waals surface area contributed by atoms with Crippen molar-refractivity contribution in [2.45, 2.75) is 18.8 Å². The second-order valence-electron chi connectivity index (χ2n) is 2.72. The monoisotopic (exact) mass is 170 g/mol. The Labute approximate surface area is 69.2 Å². The van der Waals surface area contributed by atoms with Crippen LogP contribution in [0, 0.1) is 0 Å². The Bertz CT molecular complexity index is 204. The maximum atomic E-state index is 3.97. The topological polar surface area (TPSA) is 50.7 Å². The van der Waals surface area contributed by atoms with E-state index in [9.17, 15) is 0 Å². The number of hydrogen-bond acceptors (Lipinski definition) is 5. The molecule has 4 nitrogen and oxygen atoms in total. The lowest BCUT2D eigenvalue weighted by molar-refractivity contribution is 0.457. The first kappa shape index (κ1) is 7.12. The van der Waals surface area contributed by atoms with E-state index in [2.05, 4.69) is 20.1 Å². The molecule has 0 atom stereocenters. The van der Waals surface area contributed by atoms with E-state index >= 15 is 0 Å². The van der Waals surface area contributed by atoms with Crippen molar-refractivity contribution in [1.82, 2.24) is 20.1 Å². The van der Waals surface area contributed by atoms with E-state index in [0.717, 1.165) is 18.1 Å². The Hall–Kier alpha value is -0.550. The van der Waals surface area contributed by atoms with Crippen LogP contribution in [0.4, 0.5) is 0 Å². The quantitative estimate of drug-likeness (QED) is 0.663. The second-order valence-corrected chi connectivity index (χ2v) is 3.49. The van der Waals surface area contributed by atoms with E-state index in [0.29, 0.717) is 5.92 Å². The van der Waals surface area contributed by atoms with Gasteiger partial charge in [-0.3, -0.25) is 0 Å². The minimum Gasteiger partial charge on any atom is -0.317 e. The van der Waals surface area contributed by atoms with Crippen molar-refractivity contribution in [3.8, 4) is 0 Å². The van der Waals surface area contributed by atoms with Crippen LogP contribution >= 0.6 is 11.5 Å². The molecule has 0 amide bonds. The van der Waals surface area contributed by atoms with Crippen molar-refractivity contribution in [2.75, 3.05) is 13.1 Å². The average molecular weight is 170 g/mol. The molecular formula is C6H10N4S. The molecule has 60 valence electrons. The smallest absolute Gasteiger partial charge is 0.141 e. The zero-order chi connectivity index (χ0) is 7.52. The van der Waals surface area contributed by atoms with Crippen LogP contribution in [0.1, 0.15) is 23.8 Å². The van der Waals surface area contributed by atoms with Gasteiger partial charge in [0.15, 0.2) is 0 Å². The third-order valence-corrected chi connectivity index (χ3v) is 2.76. The van der Waals surface area contributed by atoms with E-state index in [1.165, 1.54) is 24.4 Å². The summed E-state index contributed by atoms with van der Waals surface area (Å²) in [7, 11) is 0. The lowest BCUT2D eigenvalue weighted by Gasteiger charge is -2.19. The van der Waals surface area contributed by atoms with Gasteiger partial charge in [0.25, 0.3) is 0 Å². The maximum absolute atomic E-state index is 3.97. The Morgan fingerprint density at radius 2 is 2.18 bits per heavy atom. The average Bonchev–Trinajstić information content (AvgIpc) is 2.58. The first-order chi connectivity index (χ1) is 5.47. The lowest BCUT2D eigenvalue weighted by atomic mass is 9.99. The molecule has 0 radical (unpaired) electrons. The van der Waals surface area contributed by atoms with Gasteiger partial charge >= 0.3 is 0 Å². The van der Waals surface area contributed by atoms with Gasteiger partial charge in [0, 0.05) is 17.5 Å². The van der Waals surface area contributed by atoms with E-state index in [1.54, 1.807) is 0 Å². The fourth-order valence-electron chi connectivity index (χ4n) is 1.37. The number of aromatic nitrogens is 3. The summed E-state index contributed by atoms with van der Waals surface area (Å²) in [6.45, 7) is 2.20. The highest BCUT2D eigenvalue weighted by atomic mass is 32.1. The largest absolute Gasteiger partial charge is 0.317 e. The summed E-state index contributed by atoms with van der Waals surface area (Å²) in [6, 6.07) is 0. The molecule has 2 rings (SSSR count). The van der Waals surface area contributed by atoms with Crippen LogP contribution in [-0.2, 0) is 0 Å². The van der Waals surface area contributed by atoms with Crippen molar-refractivity contribution >= 4 is 11.5 Å². The highest BCUT2D eigenvalue weighted by Crippen LogP contribution is 2.24. The summed E-state index contributed by atoms with van der Waals surface area (Å²) in [5.41, 5.74) is 0. The summed E-state index contributed by atoms with van der Waals surface area (Å²) >= 11 is 1.43. The van der Waals surface area contributed by atoms with Crippen LogP contribution in [0.15, 0.2) is 0 Å². The molecule has 0 spiro atoms. The Balaban J connectivity index is 2.04. The van der Waals surface area contributed by atoms with Crippen molar-refractivity contribution in [2.24, 2.45) is 0 Å². The number of rotatable bonds is 1. The van der Waals surface area contributed by atoms with Gasteiger partial charge in [-0.25, -0.2) is 0 Å². The van der Waals surface area contributed by atoms with Crippen LogP contribution in [0.3, 0.4) is 0 Å². The van der Waals surface area contributed by atoms with Crippen LogP contribution in [0.25, 0.3) is 0 Å². The molecule has 1 N–H and O–H groups in total. The molecule has 1 aliphatic heterocycles. The number of hydrogen-bond donors (Lipinski definition) is 1. The number of piperidine rings is 1. The van der Waals surface area contributed by atoms with E-state index in [-0.39, 0.29) is 0 Å². The summed E-state index contributed by atoms with van der Waals surface area (Å²) in [6.07, 6.45) is 2.35. The Morgan fingerprint density at radius 3 is 2.82 bits per heavy atom. The molecule has 5 heteroatoms. The highest BCUT2D eigenvalue weighted by Gasteiger charge is 2.17. The molecule has 0 unspecified atom stereocenters. The van der Waals surface area contributed by atoms with E-state index in [1.807, 2.05) is 0 Å². The zero-order valence-corrected chi connectivity index (χ0v) is 6.97. The molecular weight excluding hydrogens is 160 g/mol. The minimum atomic E-state index is 0.608. The molecule has 1 aliphatic rings. The third-order valence-electron chi connectivity index (χ3n) is 2.00. The molecule has 2 heterocycles.